The maximum absolute atomic E-state index is 13.6. The lowest BCUT2D eigenvalue weighted by Gasteiger charge is -2.49. The molecule has 1 saturated carbocycles. The number of carbonyl (C=O) groups is 1. The molecule has 1 aliphatic carbocycles. The molecule has 3 fully saturated rings. The number of piperidine rings is 1. The molecule has 41 heavy (non-hydrogen) atoms. The Morgan fingerprint density at radius 2 is 1.68 bits per heavy atom. The number of anilines is 1. The average Bonchev–Trinajstić information content (AvgIpc) is 3.32. The Balaban J connectivity index is 1.15. The van der Waals surface area contributed by atoms with Crippen molar-refractivity contribution in [1.82, 2.24) is 14.4 Å². The van der Waals surface area contributed by atoms with Gasteiger partial charge in [-0.2, -0.15) is 0 Å². The molecule has 2 saturated heterocycles. The number of methoxy groups -OCH3 is 1. The van der Waals surface area contributed by atoms with E-state index in [2.05, 4.69) is 9.62 Å². The summed E-state index contributed by atoms with van der Waals surface area (Å²) in [6.07, 6.45) is 10.6. The molecule has 0 atom stereocenters. The topological polar surface area (TPSA) is 83.9 Å². The minimum atomic E-state index is -3.88. The van der Waals surface area contributed by atoms with E-state index in [0.29, 0.717) is 33.5 Å². The van der Waals surface area contributed by atoms with Gasteiger partial charge in [0.25, 0.3) is 10.0 Å². The SMILES string of the molecule is COc1cc(C)c(S(=O)(=O)Nc2cccc3ccn(CC(=O)N4CCC5(CCC(N6CCC6)CC5)CC4)c23)c(C)c1. The van der Waals surface area contributed by atoms with Crippen molar-refractivity contribution in [1.29, 1.82) is 0 Å². The van der Waals surface area contributed by atoms with E-state index in [9.17, 15) is 13.2 Å². The Morgan fingerprint density at radius 3 is 2.29 bits per heavy atom. The number of amides is 1. The van der Waals surface area contributed by atoms with Gasteiger partial charge < -0.3 is 19.1 Å². The number of rotatable bonds is 7. The number of aromatic nitrogens is 1. The van der Waals surface area contributed by atoms with E-state index in [4.69, 9.17) is 4.74 Å². The second-order valence-electron chi connectivity index (χ2n) is 12.4. The van der Waals surface area contributed by atoms with Crippen LogP contribution in [0.25, 0.3) is 10.9 Å². The van der Waals surface area contributed by atoms with Crippen LogP contribution >= 0.6 is 0 Å². The van der Waals surface area contributed by atoms with Gasteiger partial charge in [-0.15, -0.1) is 0 Å². The fraction of sp³-hybridized carbons (Fsp3) is 0.531. The van der Waals surface area contributed by atoms with E-state index in [1.54, 1.807) is 39.2 Å². The van der Waals surface area contributed by atoms with E-state index in [1.807, 2.05) is 33.9 Å². The molecule has 0 unspecified atom stereocenters. The van der Waals surface area contributed by atoms with Crippen LogP contribution in [-0.2, 0) is 21.4 Å². The standard InChI is InChI=1S/C32H42N4O4S/c1-23-20-27(40-3)21-24(2)31(23)41(38,39)33-28-7-4-6-25-10-17-36(30(25)28)22-29(37)35-18-13-32(14-19-35)11-8-26(9-12-32)34-15-5-16-34/h4,6-7,10,17,20-21,26,33H,5,8-9,11-16,18-19,22H2,1-3H3. The Labute approximate surface area is 243 Å². The summed E-state index contributed by atoms with van der Waals surface area (Å²) in [7, 11) is -2.31. The van der Waals surface area contributed by atoms with Crippen LogP contribution in [0, 0.1) is 19.3 Å². The van der Waals surface area contributed by atoms with Gasteiger partial charge in [-0.05, 0) is 113 Å². The highest BCUT2D eigenvalue weighted by atomic mass is 32.2. The van der Waals surface area contributed by atoms with E-state index in [1.165, 1.54) is 45.2 Å². The number of ether oxygens (including phenoxy) is 1. The lowest BCUT2D eigenvalue weighted by atomic mass is 9.66. The van der Waals surface area contributed by atoms with Crippen LogP contribution in [-0.4, -0.2) is 68.0 Å². The van der Waals surface area contributed by atoms with Crippen LogP contribution in [0.5, 0.6) is 5.75 Å². The third-order valence-corrected chi connectivity index (χ3v) is 11.5. The number of benzene rings is 2. The van der Waals surface area contributed by atoms with Crippen LogP contribution in [0.2, 0.25) is 0 Å². The lowest BCUT2D eigenvalue weighted by molar-refractivity contribution is -0.134. The van der Waals surface area contributed by atoms with Crippen molar-refractivity contribution >= 4 is 32.5 Å². The first-order valence-electron chi connectivity index (χ1n) is 15.0. The second kappa shape index (κ2) is 11.0. The molecule has 220 valence electrons. The zero-order valence-electron chi connectivity index (χ0n) is 24.5. The van der Waals surface area contributed by atoms with Crippen LogP contribution in [0.3, 0.4) is 0 Å². The van der Waals surface area contributed by atoms with Gasteiger partial charge in [0.05, 0.1) is 23.2 Å². The zero-order valence-corrected chi connectivity index (χ0v) is 25.3. The summed E-state index contributed by atoms with van der Waals surface area (Å²) in [5.74, 6) is 0.711. The number of sulfonamides is 1. The molecule has 0 bridgehead atoms. The normalized spacial score (nSPS) is 19.8. The highest BCUT2D eigenvalue weighted by molar-refractivity contribution is 7.92. The van der Waals surface area contributed by atoms with Crippen molar-refractivity contribution < 1.29 is 17.9 Å². The zero-order chi connectivity index (χ0) is 28.8. The van der Waals surface area contributed by atoms with Crippen LogP contribution in [0.15, 0.2) is 47.5 Å². The third kappa shape index (κ3) is 5.46. The maximum atomic E-state index is 13.6. The minimum absolute atomic E-state index is 0.0890. The van der Waals surface area contributed by atoms with Crippen molar-refractivity contribution in [2.75, 3.05) is 38.0 Å². The number of para-hydroxylation sites is 1. The Bertz CT molecular complexity index is 1520. The number of aryl methyl sites for hydroxylation is 2. The van der Waals surface area contributed by atoms with Crippen LogP contribution < -0.4 is 9.46 Å². The maximum Gasteiger partial charge on any atom is 0.262 e. The molecule has 6 rings (SSSR count). The number of likely N-dealkylation sites (tertiary alicyclic amines) is 2. The van der Waals surface area contributed by atoms with Gasteiger partial charge in [-0.1, -0.05) is 12.1 Å². The molecular formula is C32H42N4O4S. The second-order valence-corrected chi connectivity index (χ2v) is 14.0. The van der Waals surface area contributed by atoms with E-state index in [-0.39, 0.29) is 17.3 Å². The molecule has 3 aromatic rings. The predicted molar refractivity (Wildman–Crippen MR) is 162 cm³/mol. The van der Waals surface area contributed by atoms with Gasteiger partial charge in [0, 0.05) is 30.7 Å². The van der Waals surface area contributed by atoms with Gasteiger partial charge in [-0.25, -0.2) is 8.42 Å². The molecule has 3 aliphatic rings. The van der Waals surface area contributed by atoms with Gasteiger partial charge in [0.15, 0.2) is 0 Å². The van der Waals surface area contributed by atoms with Crippen LogP contribution in [0.1, 0.15) is 56.1 Å². The minimum Gasteiger partial charge on any atom is -0.497 e. The summed E-state index contributed by atoms with van der Waals surface area (Å²) in [5.41, 5.74) is 2.81. The highest BCUT2D eigenvalue weighted by Crippen LogP contribution is 2.46. The number of nitrogens with zero attached hydrogens (tertiary/aromatic N) is 3. The van der Waals surface area contributed by atoms with E-state index in [0.717, 1.165) is 37.4 Å². The van der Waals surface area contributed by atoms with Gasteiger partial charge >= 0.3 is 0 Å². The lowest BCUT2D eigenvalue weighted by Crippen LogP contribution is -2.50. The van der Waals surface area contributed by atoms with Crippen molar-refractivity contribution in [3.05, 3.63) is 53.7 Å². The first-order valence-corrected chi connectivity index (χ1v) is 16.4. The first kappa shape index (κ1) is 28.1. The average molecular weight is 579 g/mol. The summed E-state index contributed by atoms with van der Waals surface area (Å²) < 4.78 is 37.2. The van der Waals surface area contributed by atoms with Crippen LogP contribution in [0.4, 0.5) is 5.69 Å². The summed E-state index contributed by atoms with van der Waals surface area (Å²) in [6, 6.07) is 11.7. The molecule has 0 radical (unpaired) electrons. The molecule has 1 N–H and O–H groups in total. The number of fused-ring (bicyclic) bond motifs is 1. The highest BCUT2D eigenvalue weighted by Gasteiger charge is 2.40. The molecule has 9 heteroatoms. The molecule has 8 nitrogen and oxygen atoms in total. The number of nitrogens with one attached hydrogen (secondary N) is 1. The van der Waals surface area contributed by atoms with Crippen molar-refractivity contribution in [3.63, 3.8) is 0 Å². The van der Waals surface area contributed by atoms with Gasteiger partial charge in [0.1, 0.15) is 12.3 Å². The molecule has 2 aliphatic heterocycles. The summed E-state index contributed by atoms with van der Waals surface area (Å²) >= 11 is 0. The van der Waals surface area contributed by atoms with E-state index >= 15 is 0 Å². The third-order valence-electron chi connectivity index (χ3n) is 9.88. The monoisotopic (exact) mass is 578 g/mol. The van der Waals surface area contributed by atoms with Crippen molar-refractivity contribution in [2.45, 2.75) is 76.3 Å². The van der Waals surface area contributed by atoms with Gasteiger partial charge in [-0.3, -0.25) is 9.52 Å². The summed E-state index contributed by atoms with van der Waals surface area (Å²) in [5, 5.41) is 0.887. The van der Waals surface area contributed by atoms with E-state index < -0.39 is 10.0 Å². The van der Waals surface area contributed by atoms with Crippen molar-refractivity contribution in [2.24, 2.45) is 5.41 Å². The molecule has 1 spiro atoms. The Kier molecular flexibility index (Phi) is 7.53. The number of hydrogen-bond donors (Lipinski definition) is 1. The largest absolute Gasteiger partial charge is 0.497 e. The fourth-order valence-corrected chi connectivity index (χ4v) is 8.91. The molecule has 1 aromatic heterocycles. The smallest absolute Gasteiger partial charge is 0.262 e. The molecule has 3 heterocycles. The summed E-state index contributed by atoms with van der Waals surface area (Å²) in [6.45, 7) is 7.89. The number of carbonyl (C=O) groups excluding carboxylic acids is 1. The Morgan fingerprint density at radius 1 is 1.00 bits per heavy atom. The summed E-state index contributed by atoms with van der Waals surface area (Å²) in [4.78, 5) is 18.4. The first-order chi connectivity index (χ1) is 19.7. The number of hydrogen-bond acceptors (Lipinski definition) is 5. The van der Waals surface area contributed by atoms with Crippen molar-refractivity contribution in [3.8, 4) is 5.75 Å². The predicted octanol–water partition coefficient (Wildman–Crippen LogP) is 5.32. The fourth-order valence-electron chi connectivity index (χ4n) is 7.39. The Hall–Kier alpha value is -3.04. The van der Waals surface area contributed by atoms with Gasteiger partial charge in [0.2, 0.25) is 5.91 Å². The quantitative estimate of drug-likeness (QED) is 0.410. The molecule has 2 aromatic carbocycles. The molecular weight excluding hydrogens is 536 g/mol. The molecule has 1 amide bonds.